The Bertz CT molecular complexity index is 567. The number of halogens is 1. The van der Waals surface area contributed by atoms with Crippen LogP contribution in [0, 0.1) is 0 Å². The average Bonchev–Trinajstić information content (AvgIpc) is 2.74. The number of nitrogens with one attached hydrogen (secondary N) is 1. The minimum Gasteiger partial charge on any atom is -0.313 e. The second-order valence-electron chi connectivity index (χ2n) is 5.03. The fraction of sp³-hybridized carbons (Fsp3) is 0.333. The lowest BCUT2D eigenvalue weighted by Gasteiger charge is -2.20. The van der Waals surface area contributed by atoms with E-state index in [0.717, 1.165) is 31.5 Å². The summed E-state index contributed by atoms with van der Waals surface area (Å²) in [6, 6.07) is 6.88. The summed E-state index contributed by atoms with van der Waals surface area (Å²) in [4.78, 5) is 25.7. The van der Waals surface area contributed by atoms with Gasteiger partial charge in [-0.05, 0) is 37.1 Å². The van der Waals surface area contributed by atoms with Gasteiger partial charge in [-0.2, -0.15) is 0 Å². The second-order valence-corrected chi connectivity index (χ2v) is 5.49. The molecule has 2 amide bonds. The van der Waals surface area contributed by atoms with E-state index in [1.807, 2.05) is 0 Å². The van der Waals surface area contributed by atoms with Gasteiger partial charge in [-0.25, -0.2) is 0 Å². The van der Waals surface area contributed by atoms with E-state index in [0.29, 0.717) is 16.2 Å². The molecule has 0 atom stereocenters. The van der Waals surface area contributed by atoms with Crippen molar-refractivity contribution in [3.63, 3.8) is 0 Å². The number of benzene rings is 1. The molecule has 0 spiro atoms. The minimum absolute atomic E-state index is 0.172. The first kappa shape index (κ1) is 13.3. The maximum Gasteiger partial charge on any atom is 0.261 e. The van der Waals surface area contributed by atoms with Gasteiger partial charge in [-0.15, -0.1) is 0 Å². The van der Waals surface area contributed by atoms with Crippen LogP contribution in [-0.2, 0) is 0 Å². The van der Waals surface area contributed by atoms with Gasteiger partial charge in [0.1, 0.15) is 0 Å². The number of carbonyl (C=O) groups excluding carboxylic acids is 2. The molecule has 1 saturated heterocycles. The van der Waals surface area contributed by atoms with Crippen molar-refractivity contribution in [2.24, 2.45) is 0 Å². The molecule has 0 unspecified atom stereocenters. The molecular formula is C15H15ClN2O2. The first-order valence-corrected chi connectivity index (χ1v) is 7.08. The fourth-order valence-corrected chi connectivity index (χ4v) is 2.90. The summed E-state index contributed by atoms with van der Waals surface area (Å²) in [6.45, 7) is 1.90. The Kier molecular flexibility index (Phi) is 3.59. The van der Waals surface area contributed by atoms with Gasteiger partial charge in [0, 0.05) is 11.6 Å². The van der Waals surface area contributed by atoms with E-state index in [9.17, 15) is 9.59 Å². The predicted octanol–water partition coefficient (Wildman–Crippen LogP) is 2.16. The lowest BCUT2D eigenvalue weighted by molar-refractivity contribution is 0.0670. The summed E-state index contributed by atoms with van der Waals surface area (Å²) in [7, 11) is 0. The molecule has 20 heavy (non-hydrogen) atoms. The highest BCUT2D eigenvalue weighted by atomic mass is 35.5. The highest BCUT2D eigenvalue weighted by Crippen LogP contribution is 2.26. The predicted molar refractivity (Wildman–Crippen MR) is 76.8 cm³/mol. The lowest BCUT2D eigenvalue weighted by Crippen LogP contribution is -2.32. The van der Waals surface area contributed by atoms with Crippen molar-refractivity contribution in [2.75, 3.05) is 19.6 Å². The minimum atomic E-state index is -0.256. The van der Waals surface area contributed by atoms with Gasteiger partial charge in [0.2, 0.25) is 0 Å². The monoisotopic (exact) mass is 290 g/mol. The Balaban J connectivity index is 1.83. The smallest absolute Gasteiger partial charge is 0.261 e. The molecule has 0 radical (unpaired) electrons. The third-order valence-corrected chi connectivity index (χ3v) is 4.12. The molecule has 3 rings (SSSR count). The highest BCUT2D eigenvalue weighted by molar-refractivity contribution is 6.31. The van der Waals surface area contributed by atoms with Crippen molar-refractivity contribution >= 4 is 23.4 Å². The molecule has 1 fully saturated rings. The zero-order valence-electron chi connectivity index (χ0n) is 11.0. The molecule has 1 aromatic carbocycles. The number of piperidine rings is 1. The zero-order chi connectivity index (χ0) is 14.1. The molecule has 2 aliphatic heterocycles. The largest absolute Gasteiger partial charge is 0.313 e. The highest BCUT2D eigenvalue weighted by Gasteiger charge is 2.35. The van der Waals surface area contributed by atoms with Gasteiger partial charge in [-0.3, -0.25) is 14.5 Å². The molecule has 2 heterocycles. The van der Waals surface area contributed by atoms with Crippen LogP contribution in [0.25, 0.3) is 0 Å². The van der Waals surface area contributed by atoms with Gasteiger partial charge in [0.05, 0.1) is 17.7 Å². The van der Waals surface area contributed by atoms with Crippen LogP contribution in [0.3, 0.4) is 0 Å². The van der Waals surface area contributed by atoms with E-state index < -0.39 is 0 Å². The summed E-state index contributed by atoms with van der Waals surface area (Å²) >= 11 is 6.31. The van der Waals surface area contributed by atoms with Crippen molar-refractivity contribution in [3.05, 3.63) is 46.0 Å². The van der Waals surface area contributed by atoms with E-state index in [1.54, 1.807) is 24.3 Å². The maximum absolute atomic E-state index is 12.2. The van der Waals surface area contributed by atoms with Crippen molar-refractivity contribution in [3.8, 4) is 0 Å². The van der Waals surface area contributed by atoms with Gasteiger partial charge < -0.3 is 5.32 Å². The van der Waals surface area contributed by atoms with Crippen molar-refractivity contribution in [1.82, 2.24) is 10.2 Å². The molecule has 1 aromatic rings. The van der Waals surface area contributed by atoms with Crippen LogP contribution in [0.4, 0.5) is 0 Å². The number of hydrogen-bond acceptors (Lipinski definition) is 3. The SMILES string of the molecule is O=C1c2ccccc2C(=O)N1C/C(Cl)=C1\CCCNC1. The summed E-state index contributed by atoms with van der Waals surface area (Å²) in [5.41, 5.74) is 2.02. The van der Waals surface area contributed by atoms with Gasteiger partial charge >= 0.3 is 0 Å². The number of nitrogens with zero attached hydrogens (tertiary/aromatic N) is 1. The van der Waals surface area contributed by atoms with Crippen LogP contribution in [-0.4, -0.2) is 36.3 Å². The number of hydrogen-bond donors (Lipinski definition) is 1. The molecule has 0 aromatic heterocycles. The van der Waals surface area contributed by atoms with Crippen molar-refractivity contribution in [2.45, 2.75) is 12.8 Å². The van der Waals surface area contributed by atoms with Gasteiger partial charge in [-0.1, -0.05) is 23.7 Å². The van der Waals surface area contributed by atoms with E-state index in [-0.39, 0.29) is 18.4 Å². The van der Waals surface area contributed by atoms with E-state index in [4.69, 9.17) is 11.6 Å². The zero-order valence-corrected chi connectivity index (χ0v) is 11.7. The van der Waals surface area contributed by atoms with Crippen LogP contribution in [0.1, 0.15) is 33.6 Å². The summed E-state index contributed by atoms with van der Waals surface area (Å²) < 4.78 is 0. The van der Waals surface area contributed by atoms with Crippen LogP contribution in [0.5, 0.6) is 0 Å². The second kappa shape index (κ2) is 5.38. The number of carbonyl (C=O) groups is 2. The Hall–Kier alpha value is -1.65. The molecule has 2 aliphatic rings. The Morgan fingerprint density at radius 2 is 1.85 bits per heavy atom. The lowest BCUT2D eigenvalue weighted by atomic mass is 10.1. The molecule has 5 heteroatoms. The molecule has 1 N–H and O–H groups in total. The molecule has 0 aliphatic carbocycles. The van der Waals surface area contributed by atoms with Crippen LogP contribution >= 0.6 is 11.6 Å². The van der Waals surface area contributed by atoms with Gasteiger partial charge in [0.25, 0.3) is 11.8 Å². The van der Waals surface area contributed by atoms with E-state index >= 15 is 0 Å². The van der Waals surface area contributed by atoms with Crippen molar-refractivity contribution < 1.29 is 9.59 Å². The summed E-state index contributed by atoms with van der Waals surface area (Å²) in [5, 5.41) is 3.85. The van der Waals surface area contributed by atoms with Gasteiger partial charge in [0.15, 0.2) is 0 Å². The van der Waals surface area contributed by atoms with Crippen LogP contribution in [0.15, 0.2) is 34.9 Å². The Morgan fingerprint density at radius 3 is 2.40 bits per heavy atom. The first-order valence-electron chi connectivity index (χ1n) is 6.71. The first-order chi connectivity index (χ1) is 9.68. The number of rotatable bonds is 2. The quantitative estimate of drug-likeness (QED) is 0.849. The maximum atomic E-state index is 12.2. The van der Waals surface area contributed by atoms with E-state index in [2.05, 4.69) is 5.32 Å². The third-order valence-electron chi connectivity index (χ3n) is 3.73. The molecule has 0 saturated carbocycles. The van der Waals surface area contributed by atoms with Crippen LogP contribution in [0.2, 0.25) is 0 Å². The summed E-state index contributed by atoms with van der Waals surface area (Å²) in [5.74, 6) is -0.513. The fourth-order valence-electron chi connectivity index (χ4n) is 2.62. The Labute approximate surface area is 122 Å². The number of amides is 2. The summed E-state index contributed by atoms with van der Waals surface area (Å²) in [6.07, 6.45) is 1.96. The molecule has 104 valence electrons. The molecule has 4 nitrogen and oxygen atoms in total. The van der Waals surface area contributed by atoms with Crippen molar-refractivity contribution in [1.29, 1.82) is 0 Å². The third kappa shape index (κ3) is 2.25. The van der Waals surface area contributed by atoms with E-state index in [1.165, 1.54) is 4.90 Å². The number of fused-ring (bicyclic) bond motifs is 1. The normalized spacial score (nSPS) is 21.1. The number of imide groups is 1. The standard InChI is InChI=1S/C15H15ClN2O2/c16-13(10-4-3-7-17-8-10)9-18-14(19)11-5-1-2-6-12(11)15(18)20/h1-2,5-6,17H,3-4,7-9H2/b13-10-. The molecule has 0 bridgehead atoms. The van der Waals surface area contributed by atoms with Crippen LogP contribution < -0.4 is 5.32 Å². The Morgan fingerprint density at radius 1 is 1.20 bits per heavy atom. The molecular weight excluding hydrogens is 276 g/mol. The topological polar surface area (TPSA) is 49.4 Å². The average molecular weight is 291 g/mol.